The van der Waals surface area contributed by atoms with Gasteiger partial charge in [0, 0.05) is 34.3 Å². The van der Waals surface area contributed by atoms with E-state index in [0.29, 0.717) is 42.0 Å². The van der Waals surface area contributed by atoms with Crippen molar-refractivity contribution in [1.29, 1.82) is 0 Å². The number of fused-ring (bicyclic) bond motifs is 6. The molecule has 3 heterocycles. The van der Waals surface area contributed by atoms with Gasteiger partial charge in [-0.25, -0.2) is 13.2 Å². The van der Waals surface area contributed by atoms with Crippen molar-refractivity contribution in [2.24, 2.45) is 0 Å². The maximum absolute atomic E-state index is 12.8. The molecule has 7 nitrogen and oxygen atoms in total. The quantitative estimate of drug-likeness (QED) is 0.590. The molecule has 0 radical (unpaired) electrons. The predicted molar refractivity (Wildman–Crippen MR) is 113 cm³/mol. The molecule has 1 saturated heterocycles. The van der Waals surface area contributed by atoms with Crippen molar-refractivity contribution in [2.45, 2.75) is 32.9 Å². The molecule has 0 aliphatic carbocycles. The second-order valence-corrected chi connectivity index (χ2v) is 10.1. The van der Waals surface area contributed by atoms with E-state index in [0.717, 1.165) is 22.1 Å². The highest BCUT2D eigenvalue weighted by Crippen LogP contribution is 2.44. The number of aryl methyl sites for hydroxylation is 1. The van der Waals surface area contributed by atoms with Crippen LogP contribution in [0.3, 0.4) is 0 Å². The topological polar surface area (TPSA) is 86.1 Å². The zero-order chi connectivity index (χ0) is 21.0. The summed E-state index contributed by atoms with van der Waals surface area (Å²) in [7, 11) is -3.01. The number of furan rings is 1. The van der Waals surface area contributed by atoms with Gasteiger partial charge in [-0.2, -0.15) is 0 Å². The molecule has 2 aliphatic rings. The predicted octanol–water partition coefficient (Wildman–Crippen LogP) is 3.41. The third-order valence-electron chi connectivity index (χ3n) is 6.02. The molecule has 2 aliphatic heterocycles. The van der Waals surface area contributed by atoms with Gasteiger partial charge in [0.1, 0.15) is 29.4 Å². The number of hydrogen-bond acceptors (Lipinski definition) is 7. The summed E-state index contributed by atoms with van der Waals surface area (Å²) in [6.07, 6.45) is 0.590. The van der Waals surface area contributed by atoms with Crippen LogP contribution in [0.5, 0.6) is 5.75 Å². The molecule has 0 bridgehead atoms. The van der Waals surface area contributed by atoms with E-state index in [1.807, 2.05) is 29.2 Å². The van der Waals surface area contributed by atoms with Crippen LogP contribution in [-0.2, 0) is 21.1 Å². The lowest BCUT2D eigenvalue weighted by Crippen LogP contribution is -2.41. The fraction of sp³-hybridized carbons (Fsp3) is 0.409. The molecule has 2 aromatic carbocycles. The van der Waals surface area contributed by atoms with Crippen molar-refractivity contribution in [3.05, 3.63) is 41.2 Å². The fourth-order valence-electron chi connectivity index (χ4n) is 4.64. The number of esters is 1. The summed E-state index contributed by atoms with van der Waals surface area (Å²) in [5.41, 5.74) is 1.90. The largest absolute Gasteiger partial charge is 0.477 e. The minimum absolute atomic E-state index is 0.0938. The van der Waals surface area contributed by atoms with E-state index in [-0.39, 0.29) is 24.2 Å². The molecule has 1 atom stereocenters. The summed E-state index contributed by atoms with van der Waals surface area (Å²) < 4.78 is 41.5. The third-order valence-corrected chi connectivity index (χ3v) is 7.77. The van der Waals surface area contributed by atoms with Crippen molar-refractivity contribution in [1.82, 2.24) is 4.90 Å². The van der Waals surface area contributed by atoms with Crippen LogP contribution in [0.2, 0.25) is 0 Å². The number of nitrogens with zero attached hydrogens (tertiary/aromatic N) is 1. The van der Waals surface area contributed by atoms with Crippen LogP contribution in [0, 0.1) is 6.92 Å². The Labute approximate surface area is 174 Å². The Morgan fingerprint density at radius 1 is 1.27 bits per heavy atom. The van der Waals surface area contributed by atoms with E-state index in [2.05, 4.69) is 0 Å². The van der Waals surface area contributed by atoms with Crippen LogP contribution in [-0.4, -0.2) is 50.2 Å². The maximum Gasteiger partial charge on any atom is 0.342 e. The molecule has 8 heteroatoms. The Kier molecular flexibility index (Phi) is 4.52. The average Bonchev–Trinajstić information content (AvgIpc) is 3.27. The number of sulfone groups is 1. The molecule has 1 unspecified atom stereocenters. The standard InChI is InChI=1S/C22H23NO6S/c1-3-27-22(24)18-13(2)29-21-16-7-5-4-6-15(16)20-17(19(18)21)10-23(12-28-20)14-8-9-30(25,26)11-14/h4-7,14H,3,8-12H2,1-2H3. The van der Waals surface area contributed by atoms with Crippen molar-refractivity contribution in [3.8, 4) is 5.75 Å². The molecule has 3 aromatic rings. The highest BCUT2D eigenvalue weighted by molar-refractivity contribution is 7.91. The molecule has 5 rings (SSSR count). The second-order valence-electron chi connectivity index (χ2n) is 7.89. The Morgan fingerprint density at radius 3 is 2.73 bits per heavy atom. The van der Waals surface area contributed by atoms with Crippen LogP contribution in [0.1, 0.15) is 35.0 Å². The van der Waals surface area contributed by atoms with Crippen molar-refractivity contribution >= 4 is 37.5 Å². The molecular formula is C22H23NO6S. The SMILES string of the molecule is CCOC(=O)c1c(C)oc2c1c1c(c3ccccc32)OCN(C2CCS(=O)(=O)C2)C1. The van der Waals surface area contributed by atoms with Gasteiger partial charge in [-0.1, -0.05) is 24.3 Å². The second kappa shape index (κ2) is 6.99. The number of carbonyl (C=O) groups is 1. The third kappa shape index (κ3) is 2.97. The zero-order valence-electron chi connectivity index (χ0n) is 16.9. The van der Waals surface area contributed by atoms with Crippen LogP contribution in [0.25, 0.3) is 21.7 Å². The van der Waals surface area contributed by atoms with Crippen LogP contribution >= 0.6 is 0 Å². The van der Waals surface area contributed by atoms with Crippen LogP contribution < -0.4 is 4.74 Å². The van der Waals surface area contributed by atoms with Gasteiger partial charge in [-0.05, 0) is 20.3 Å². The molecule has 1 aromatic heterocycles. The van der Waals surface area contributed by atoms with Crippen molar-refractivity contribution < 1.29 is 27.1 Å². The maximum atomic E-state index is 12.8. The molecule has 0 N–H and O–H groups in total. The summed E-state index contributed by atoms with van der Waals surface area (Å²) in [5.74, 6) is 1.14. The van der Waals surface area contributed by atoms with E-state index in [9.17, 15) is 13.2 Å². The number of benzene rings is 2. The van der Waals surface area contributed by atoms with Gasteiger partial charge in [0.05, 0.1) is 18.1 Å². The van der Waals surface area contributed by atoms with Crippen LogP contribution in [0.4, 0.5) is 0 Å². The number of rotatable bonds is 3. The highest BCUT2D eigenvalue weighted by atomic mass is 32.2. The highest BCUT2D eigenvalue weighted by Gasteiger charge is 2.37. The average molecular weight is 429 g/mol. The smallest absolute Gasteiger partial charge is 0.342 e. The molecule has 0 saturated carbocycles. The van der Waals surface area contributed by atoms with E-state index in [1.54, 1.807) is 13.8 Å². The molecule has 158 valence electrons. The van der Waals surface area contributed by atoms with Crippen LogP contribution in [0.15, 0.2) is 28.7 Å². The van der Waals surface area contributed by atoms with E-state index >= 15 is 0 Å². The van der Waals surface area contributed by atoms with Gasteiger partial charge >= 0.3 is 5.97 Å². The van der Waals surface area contributed by atoms with Crippen molar-refractivity contribution in [3.63, 3.8) is 0 Å². The molecule has 0 amide bonds. The first-order chi connectivity index (χ1) is 14.4. The minimum Gasteiger partial charge on any atom is -0.477 e. The van der Waals surface area contributed by atoms with Gasteiger partial charge in [-0.15, -0.1) is 0 Å². The number of hydrogen-bond donors (Lipinski definition) is 0. The lowest BCUT2D eigenvalue weighted by Gasteiger charge is -2.34. The molecular weight excluding hydrogens is 406 g/mol. The summed E-state index contributed by atoms with van der Waals surface area (Å²) in [6, 6.07) is 7.70. The lowest BCUT2D eigenvalue weighted by atomic mass is 9.96. The summed E-state index contributed by atoms with van der Waals surface area (Å²) in [5, 5.41) is 2.50. The van der Waals surface area contributed by atoms with Gasteiger partial charge in [0.15, 0.2) is 9.84 Å². The zero-order valence-corrected chi connectivity index (χ0v) is 17.8. The number of ether oxygens (including phenoxy) is 2. The Balaban J connectivity index is 1.72. The fourth-order valence-corrected chi connectivity index (χ4v) is 6.40. The van der Waals surface area contributed by atoms with E-state index < -0.39 is 15.8 Å². The summed E-state index contributed by atoms with van der Waals surface area (Å²) >= 11 is 0. The summed E-state index contributed by atoms with van der Waals surface area (Å²) in [6.45, 7) is 4.60. The monoisotopic (exact) mass is 429 g/mol. The van der Waals surface area contributed by atoms with Gasteiger partial charge in [0.25, 0.3) is 0 Å². The van der Waals surface area contributed by atoms with Crippen molar-refractivity contribution in [2.75, 3.05) is 24.8 Å². The first-order valence-electron chi connectivity index (χ1n) is 10.1. The first-order valence-corrected chi connectivity index (χ1v) is 11.9. The van der Waals surface area contributed by atoms with Gasteiger partial charge < -0.3 is 13.9 Å². The van der Waals surface area contributed by atoms with Gasteiger partial charge in [0.2, 0.25) is 0 Å². The van der Waals surface area contributed by atoms with Gasteiger partial charge in [-0.3, -0.25) is 4.90 Å². The Hall–Kier alpha value is -2.58. The minimum atomic E-state index is -3.01. The molecule has 1 fully saturated rings. The van der Waals surface area contributed by atoms with E-state index in [4.69, 9.17) is 13.9 Å². The lowest BCUT2D eigenvalue weighted by molar-refractivity contribution is 0.0525. The molecule has 30 heavy (non-hydrogen) atoms. The normalized spacial score (nSPS) is 20.9. The summed E-state index contributed by atoms with van der Waals surface area (Å²) in [4.78, 5) is 14.8. The molecule has 0 spiro atoms. The Morgan fingerprint density at radius 2 is 2.03 bits per heavy atom. The number of carbonyl (C=O) groups excluding carboxylic acids is 1. The van der Waals surface area contributed by atoms with E-state index in [1.165, 1.54) is 0 Å². The first kappa shape index (κ1) is 19.4. The Bertz CT molecular complexity index is 1280.